The van der Waals surface area contributed by atoms with Crippen LogP contribution in [-0.4, -0.2) is 71.1 Å². The zero-order valence-corrected chi connectivity index (χ0v) is 17.0. The van der Waals surface area contributed by atoms with Gasteiger partial charge in [0.1, 0.15) is 12.6 Å². The Labute approximate surface area is 171 Å². The highest BCUT2D eigenvalue weighted by Crippen LogP contribution is 2.48. The lowest BCUT2D eigenvalue weighted by atomic mass is 9.60. The van der Waals surface area contributed by atoms with E-state index in [9.17, 15) is 9.59 Å². The summed E-state index contributed by atoms with van der Waals surface area (Å²) in [5.41, 5.74) is 1.47. The standard InChI is InChI=1S/C22H30N4O3/c1-2-24-14-22(15-24)10-17(11-22)23-20(27)19-9-8-18-12-25(19)21(28)26(18)29-13-16-6-4-3-5-7-16/h3-7,17-19H,2,8-15H2,1H3,(H,23,27)/t18-,19+/m1/s1. The number of hydrogen-bond donors (Lipinski definition) is 1. The van der Waals surface area contributed by atoms with Crippen molar-refractivity contribution in [2.24, 2.45) is 5.41 Å². The fourth-order valence-corrected chi connectivity index (χ4v) is 5.56. The molecule has 1 N–H and O–H groups in total. The predicted octanol–water partition coefficient (Wildman–Crippen LogP) is 1.99. The zero-order valence-electron chi connectivity index (χ0n) is 17.0. The van der Waals surface area contributed by atoms with Crippen LogP contribution in [0.5, 0.6) is 0 Å². The molecule has 0 unspecified atom stereocenters. The van der Waals surface area contributed by atoms with Crippen LogP contribution >= 0.6 is 0 Å². The molecular weight excluding hydrogens is 368 g/mol. The number of fused-ring (bicyclic) bond motifs is 2. The van der Waals surface area contributed by atoms with E-state index in [1.165, 1.54) is 18.2 Å². The molecule has 3 amide bonds. The Balaban J connectivity index is 1.13. The van der Waals surface area contributed by atoms with E-state index in [-0.39, 0.29) is 30.1 Å². The van der Waals surface area contributed by atoms with Crippen LogP contribution in [0.1, 0.15) is 38.2 Å². The van der Waals surface area contributed by atoms with Gasteiger partial charge in [-0.25, -0.2) is 4.79 Å². The van der Waals surface area contributed by atoms with Gasteiger partial charge in [0.05, 0.1) is 6.04 Å². The second kappa shape index (κ2) is 7.29. The molecule has 1 saturated carbocycles. The summed E-state index contributed by atoms with van der Waals surface area (Å²) in [7, 11) is 0. The molecule has 4 aliphatic rings. The van der Waals surface area contributed by atoms with Gasteiger partial charge < -0.3 is 15.1 Å². The fraction of sp³-hybridized carbons (Fsp3) is 0.636. The molecular formula is C22H30N4O3. The number of benzene rings is 1. The number of hydroxylamine groups is 2. The zero-order chi connectivity index (χ0) is 20.0. The van der Waals surface area contributed by atoms with Crippen molar-refractivity contribution in [2.75, 3.05) is 26.2 Å². The third-order valence-electron chi connectivity index (χ3n) is 7.11. The molecule has 7 nitrogen and oxygen atoms in total. The van der Waals surface area contributed by atoms with E-state index in [0.29, 0.717) is 25.0 Å². The quantitative estimate of drug-likeness (QED) is 0.796. The van der Waals surface area contributed by atoms with E-state index in [1.807, 2.05) is 30.3 Å². The maximum absolute atomic E-state index is 12.9. The van der Waals surface area contributed by atoms with E-state index in [2.05, 4.69) is 17.1 Å². The maximum Gasteiger partial charge on any atom is 0.345 e. The number of amides is 3. The van der Waals surface area contributed by atoms with Crippen LogP contribution in [0.4, 0.5) is 4.79 Å². The lowest BCUT2D eigenvalue weighted by Crippen LogP contribution is -2.67. The number of rotatable bonds is 6. The molecule has 1 aromatic carbocycles. The first-order chi connectivity index (χ1) is 14.1. The molecule has 0 radical (unpaired) electrons. The number of nitrogens with one attached hydrogen (secondary N) is 1. The van der Waals surface area contributed by atoms with Crippen LogP contribution in [0.15, 0.2) is 30.3 Å². The Morgan fingerprint density at radius 2 is 1.97 bits per heavy atom. The van der Waals surface area contributed by atoms with Crippen molar-refractivity contribution in [3.8, 4) is 0 Å². The minimum atomic E-state index is -0.367. The van der Waals surface area contributed by atoms with Gasteiger partial charge in [-0.2, -0.15) is 5.06 Å². The minimum absolute atomic E-state index is 0.00762. The maximum atomic E-state index is 12.9. The highest BCUT2D eigenvalue weighted by atomic mass is 16.7. The van der Waals surface area contributed by atoms with Crippen molar-refractivity contribution in [1.82, 2.24) is 20.2 Å². The van der Waals surface area contributed by atoms with Crippen molar-refractivity contribution in [3.05, 3.63) is 35.9 Å². The van der Waals surface area contributed by atoms with Gasteiger partial charge in [-0.3, -0.25) is 9.63 Å². The molecule has 5 rings (SSSR count). The normalized spacial score (nSPS) is 28.4. The van der Waals surface area contributed by atoms with Crippen LogP contribution in [0.25, 0.3) is 0 Å². The summed E-state index contributed by atoms with van der Waals surface area (Å²) in [4.78, 5) is 35.7. The van der Waals surface area contributed by atoms with Crippen LogP contribution in [-0.2, 0) is 16.2 Å². The summed E-state index contributed by atoms with van der Waals surface area (Å²) in [5.74, 6) is 0.00762. The van der Waals surface area contributed by atoms with E-state index in [0.717, 1.165) is 31.4 Å². The third-order valence-corrected chi connectivity index (χ3v) is 7.11. The summed E-state index contributed by atoms with van der Waals surface area (Å²) < 4.78 is 0. The van der Waals surface area contributed by atoms with Gasteiger partial charge in [0.25, 0.3) is 0 Å². The van der Waals surface area contributed by atoms with Gasteiger partial charge in [0.15, 0.2) is 0 Å². The molecule has 1 aromatic rings. The van der Waals surface area contributed by atoms with E-state index in [1.54, 1.807) is 4.90 Å². The molecule has 156 valence electrons. The highest BCUT2D eigenvalue weighted by molar-refractivity contribution is 5.88. The second-order valence-corrected chi connectivity index (χ2v) is 9.18. The number of piperidine rings is 1. The SMILES string of the molecule is CCN1CC2(CC(NC(=O)[C@@H]3CC[C@@H]4CN3C(=O)N4OCc3ccccc3)C2)C1. The van der Waals surface area contributed by atoms with Crippen molar-refractivity contribution in [2.45, 2.75) is 57.3 Å². The average molecular weight is 399 g/mol. The average Bonchev–Trinajstić information content (AvgIpc) is 2.92. The predicted molar refractivity (Wildman–Crippen MR) is 108 cm³/mol. The summed E-state index contributed by atoms with van der Waals surface area (Å²) in [5, 5.41) is 4.70. The highest BCUT2D eigenvalue weighted by Gasteiger charge is 2.53. The summed E-state index contributed by atoms with van der Waals surface area (Å²) in [6.45, 7) is 6.58. The molecule has 29 heavy (non-hydrogen) atoms. The first kappa shape index (κ1) is 18.9. The lowest BCUT2D eigenvalue weighted by Gasteiger charge is -2.59. The van der Waals surface area contributed by atoms with Crippen molar-refractivity contribution in [3.63, 3.8) is 0 Å². The fourth-order valence-electron chi connectivity index (χ4n) is 5.56. The smallest absolute Gasteiger partial charge is 0.345 e. The number of carbonyl (C=O) groups is 2. The molecule has 3 heterocycles. The molecule has 2 bridgehead atoms. The Kier molecular flexibility index (Phi) is 4.75. The number of carbonyl (C=O) groups excluding carboxylic acids is 2. The monoisotopic (exact) mass is 398 g/mol. The third kappa shape index (κ3) is 3.40. The molecule has 1 spiro atoms. The Hall–Kier alpha value is -2.12. The molecule has 2 atom stereocenters. The summed E-state index contributed by atoms with van der Waals surface area (Å²) >= 11 is 0. The molecule has 3 aliphatic heterocycles. The largest absolute Gasteiger partial charge is 0.352 e. The van der Waals surface area contributed by atoms with Crippen molar-refractivity contribution < 1.29 is 14.4 Å². The number of likely N-dealkylation sites (tertiary alicyclic amines) is 1. The first-order valence-electron chi connectivity index (χ1n) is 10.9. The van der Waals surface area contributed by atoms with Gasteiger partial charge in [-0.1, -0.05) is 37.3 Å². The van der Waals surface area contributed by atoms with Gasteiger partial charge in [-0.05, 0) is 43.2 Å². The van der Waals surface area contributed by atoms with Crippen LogP contribution in [0.3, 0.4) is 0 Å². The van der Waals surface area contributed by atoms with Gasteiger partial charge >= 0.3 is 6.03 Å². The van der Waals surface area contributed by atoms with Gasteiger partial charge in [0, 0.05) is 25.7 Å². The van der Waals surface area contributed by atoms with Crippen LogP contribution < -0.4 is 5.32 Å². The van der Waals surface area contributed by atoms with E-state index >= 15 is 0 Å². The second-order valence-electron chi connectivity index (χ2n) is 9.18. The van der Waals surface area contributed by atoms with Crippen molar-refractivity contribution in [1.29, 1.82) is 0 Å². The number of urea groups is 1. The van der Waals surface area contributed by atoms with E-state index < -0.39 is 0 Å². The molecule has 4 fully saturated rings. The summed E-state index contributed by atoms with van der Waals surface area (Å²) in [6, 6.07) is 9.61. The molecule has 0 aromatic heterocycles. The summed E-state index contributed by atoms with van der Waals surface area (Å²) in [6.07, 6.45) is 3.65. The Bertz CT molecular complexity index is 772. The van der Waals surface area contributed by atoms with E-state index in [4.69, 9.17) is 4.84 Å². The molecule has 7 heteroatoms. The molecule has 1 aliphatic carbocycles. The Morgan fingerprint density at radius 1 is 1.21 bits per heavy atom. The first-order valence-corrected chi connectivity index (χ1v) is 10.9. The Morgan fingerprint density at radius 3 is 2.69 bits per heavy atom. The van der Waals surface area contributed by atoms with Crippen LogP contribution in [0.2, 0.25) is 0 Å². The van der Waals surface area contributed by atoms with Gasteiger partial charge in [-0.15, -0.1) is 0 Å². The van der Waals surface area contributed by atoms with Gasteiger partial charge in [0.2, 0.25) is 5.91 Å². The number of nitrogens with zero attached hydrogens (tertiary/aromatic N) is 3. The van der Waals surface area contributed by atoms with Crippen LogP contribution in [0, 0.1) is 5.41 Å². The molecule has 3 saturated heterocycles. The lowest BCUT2D eigenvalue weighted by molar-refractivity contribution is -0.140. The minimum Gasteiger partial charge on any atom is -0.352 e. The van der Waals surface area contributed by atoms with Crippen molar-refractivity contribution >= 4 is 11.9 Å². The number of hydrogen-bond acceptors (Lipinski definition) is 4. The topological polar surface area (TPSA) is 65.1 Å².